The summed E-state index contributed by atoms with van der Waals surface area (Å²) < 4.78 is 0. The predicted octanol–water partition coefficient (Wildman–Crippen LogP) is 4.78. The van der Waals surface area contributed by atoms with Crippen LogP contribution in [-0.4, -0.2) is 47.9 Å². The van der Waals surface area contributed by atoms with Crippen molar-refractivity contribution in [1.82, 2.24) is 14.8 Å². The van der Waals surface area contributed by atoms with Gasteiger partial charge >= 0.3 is 0 Å². The van der Waals surface area contributed by atoms with Crippen molar-refractivity contribution in [3.63, 3.8) is 0 Å². The van der Waals surface area contributed by atoms with Crippen LogP contribution in [0.5, 0.6) is 0 Å². The molecule has 1 atom stereocenters. The molecule has 0 bridgehead atoms. The van der Waals surface area contributed by atoms with E-state index in [1.165, 1.54) is 5.56 Å². The number of hydrogen-bond acceptors (Lipinski definition) is 2. The fourth-order valence-electron chi connectivity index (χ4n) is 3.90. The number of aromatic amines is 1. The number of rotatable bonds is 3. The molecule has 1 amide bonds. The van der Waals surface area contributed by atoms with Crippen molar-refractivity contribution in [3.05, 3.63) is 69.3 Å². The topological polar surface area (TPSA) is 39.3 Å². The lowest BCUT2D eigenvalue weighted by Crippen LogP contribution is -2.44. The standard InChI is InChI=1S/C21H21Cl2N3O/c1-25(2)12-19-20-16(17-11-15(23)6-7-18(17)24-20)8-9-26(19)21(27)13-4-3-5-14(22)10-13/h3-7,10-11,19,24H,8-9,12H2,1-2H3. The molecule has 4 nitrogen and oxygen atoms in total. The number of benzene rings is 2. The molecule has 1 aliphatic heterocycles. The van der Waals surface area contributed by atoms with E-state index in [1.54, 1.807) is 12.1 Å². The smallest absolute Gasteiger partial charge is 0.254 e. The summed E-state index contributed by atoms with van der Waals surface area (Å²) in [4.78, 5) is 20.8. The summed E-state index contributed by atoms with van der Waals surface area (Å²) in [6.07, 6.45) is 0.798. The van der Waals surface area contributed by atoms with E-state index in [-0.39, 0.29) is 11.9 Å². The monoisotopic (exact) mass is 401 g/mol. The van der Waals surface area contributed by atoms with Crippen LogP contribution in [0.3, 0.4) is 0 Å². The number of fused-ring (bicyclic) bond motifs is 3. The van der Waals surface area contributed by atoms with Crippen molar-refractivity contribution < 1.29 is 4.79 Å². The van der Waals surface area contributed by atoms with Crippen LogP contribution in [0.15, 0.2) is 42.5 Å². The van der Waals surface area contributed by atoms with Gasteiger partial charge in [-0.2, -0.15) is 0 Å². The summed E-state index contributed by atoms with van der Waals surface area (Å²) in [7, 11) is 4.05. The van der Waals surface area contributed by atoms with Gasteiger partial charge in [0, 0.05) is 45.3 Å². The van der Waals surface area contributed by atoms with Crippen LogP contribution in [0.1, 0.15) is 27.7 Å². The Morgan fingerprint density at radius 1 is 1.19 bits per heavy atom. The second-order valence-corrected chi connectivity index (χ2v) is 8.12. The van der Waals surface area contributed by atoms with Gasteiger partial charge in [0.2, 0.25) is 0 Å². The number of halogens is 2. The first kappa shape index (κ1) is 18.4. The number of H-pyrrole nitrogens is 1. The summed E-state index contributed by atoms with van der Waals surface area (Å²) in [5, 5.41) is 2.45. The third-order valence-electron chi connectivity index (χ3n) is 5.08. The van der Waals surface area contributed by atoms with Crippen LogP contribution in [0.2, 0.25) is 10.0 Å². The minimum atomic E-state index is -0.0543. The molecule has 0 fully saturated rings. The third-order valence-corrected chi connectivity index (χ3v) is 5.55. The van der Waals surface area contributed by atoms with E-state index in [9.17, 15) is 4.79 Å². The lowest BCUT2D eigenvalue weighted by Gasteiger charge is -2.37. The zero-order valence-electron chi connectivity index (χ0n) is 15.3. The van der Waals surface area contributed by atoms with Crippen molar-refractivity contribution >= 4 is 40.0 Å². The van der Waals surface area contributed by atoms with Gasteiger partial charge in [0.15, 0.2) is 0 Å². The summed E-state index contributed by atoms with van der Waals surface area (Å²) in [6, 6.07) is 13.0. The maximum atomic E-state index is 13.2. The van der Waals surface area contributed by atoms with Crippen LogP contribution >= 0.6 is 23.2 Å². The lowest BCUT2D eigenvalue weighted by atomic mass is 9.96. The molecule has 0 saturated heterocycles. The molecule has 1 N–H and O–H groups in total. The van der Waals surface area contributed by atoms with Crippen molar-refractivity contribution in [2.45, 2.75) is 12.5 Å². The third kappa shape index (κ3) is 3.45. The van der Waals surface area contributed by atoms with E-state index < -0.39 is 0 Å². The van der Waals surface area contributed by atoms with E-state index in [0.717, 1.165) is 34.6 Å². The molecule has 1 aromatic heterocycles. The van der Waals surface area contributed by atoms with Gasteiger partial charge in [-0.15, -0.1) is 0 Å². The Morgan fingerprint density at radius 3 is 2.70 bits per heavy atom. The Morgan fingerprint density at radius 2 is 1.96 bits per heavy atom. The van der Waals surface area contributed by atoms with E-state index in [4.69, 9.17) is 23.2 Å². The number of aromatic nitrogens is 1. The molecule has 3 aromatic rings. The van der Waals surface area contributed by atoms with Crippen LogP contribution < -0.4 is 0 Å². The molecular formula is C21H21Cl2N3O. The molecule has 0 radical (unpaired) electrons. The predicted molar refractivity (Wildman–Crippen MR) is 111 cm³/mol. The Hall–Kier alpha value is -2.01. The maximum Gasteiger partial charge on any atom is 0.254 e. The molecule has 0 saturated carbocycles. The summed E-state index contributed by atoms with van der Waals surface area (Å²) >= 11 is 12.3. The zero-order valence-corrected chi connectivity index (χ0v) is 16.8. The highest BCUT2D eigenvalue weighted by Gasteiger charge is 2.34. The van der Waals surface area contributed by atoms with Gasteiger partial charge < -0.3 is 14.8 Å². The van der Waals surface area contributed by atoms with Gasteiger partial charge in [-0.1, -0.05) is 29.3 Å². The minimum Gasteiger partial charge on any atom is -0.356 e. The number of nitrogens with one attached hydrogen (secondary N) is 1. The first-order valence-corrected chi connectivity index (χ1v) is 9.71. The molecule has 27 heavy (non-hydrogen) atoms. The van der Waals surface area contributed by atoms with Crippen LogP contribution in [0, 0.1) is 0 Å². The molecule has 0 aliphatic carbocycles. The number of carbonyl (C=O) groups is 1. The molecule has 1 aliphatic rings. The number of carbonyl (C=O) groups excluding carboxylic acids is 1. The highest BCUT2D eigenvalue weighted by molar-refractivity contribution is 6.31. The first-order valence-electron chi connectivity index (χ1n) is 8.95. The second kappa shape index (κ2) is 7.19. The van der Waals surface area contributed by atoms with E-state index in [0.29, 0.717) is 17.1 Å². The van der Waals surface area contributed by atoms with Gasteiger partial charge in [0.25, 0.3) is 5.91 Å². The molecule has 2 heterocycles. The summed E-state index contributed by atoms with van der Waals surface area (Å²) in [6.45, 7) is 1.40. The van der Waals surface area contributed by atoms with E-state index >= 15 is 0 Å². The average Bonchev–Trinajstić information content (AvgIpc) is 2.99. The fourth-order valence-corrected chi connectivity index (χ4v) is 4.27. The maximum absolute atomic E-state index is 13.2. The second-order valence-electron chi connectivity index (χ2n) is 7.24. The highest BCUT2D eigenvalue weighted by Crippen LogP contribution is 2.36. The quantitative estimate of drug-likeness (QED) is 0.685. The molecule has 6 heteroatoms. The van der Waals surface area contributed by atoms with Crippen LogP contribution in [0.25, 0.3) is 10.9 Å². The molecule has 140 valence electrons. The fraction of sp³-hybridized carbons (Fsp3) is 0.286. The van der Waals surface area contributed by atoms with Crippen LogP contribution in [-0.2, 0) is 6.42 Å². The average molecular weight is 402 g/mol. The number of nitrogens with zero attached hydrogens (tertiary/aromatic N) is 2. The molecule has 2 aromatic carbocycles. The first-order chi connectivity index (χ1) is 12.9. The van der Waals surface area contributed by atoms with Gasteiger partial charge in [-0.25, -0.2) is 0 Å². The minimum absolute atomic E-state index is 0.00619. The van der Waals surface area contributed by atoms with E-state index in [1.807, 2.05) is 49.3 Å². The highest BCUT2D eigenvalue weighted by atomic mass is 35.5. The Kier molecular flexibility index (Phi) is 4.89. The lowest BCUT2D eigenvalue weighted by molar-refractivity contribution is 0.0624. The van der Waals surface area contributed by atoms with Crippen molar-refractivity contribution in [2.75, 3.05) is 27.2 Å². The molecule has 0 spiro atoms. The Balaban J connectivity index is 1.78. The van der Waals surface area contributed by atoms with Crippen molar-refractivity contribution in [3.8, 4) is 0 Å². The Labute approximate surface area is 168 Å². The largest absolute Gasteiger partial charge is 0.356 e. The van der Waals surface area contributed by atoms with Gasteiger partial charge in [-0.05, 0) is 62.5 Å². The number of amides is 1. The SMILES string of the molecule is CN(C)CC1c2[nH]c3ccc(Cl)cc3c2CCN1C(=O)c1cccc(Cl)c1. The van der Waals surface area contributed by atoms with Crippen molar-refractivity contribution in [2.24, 2.45) is 0 Å². The molecule has 1 unspecified atom stereocenters. The Bertz CT molecular complexity index is 1010. The van der Waals surface area contributed by atoms with Crippen molar-refractivity contribution in [1.29, 1.82) is 0 Å². The zero-order chi connectivity index (χ0) is 19.1. The van der Waals surface area contributed by atoms with Gasteiger partial charge in [0.05, 0.1) is 6.04 Å². The number of hydrogen-bond donors (Lipinski definition) is 1. The molecule has 4 rings (SSSR count). The van der Waals surface area contributed by atoms with Gasteiger partial charge in [-0.3, -0.25) is 4.79 Å². The van der Waals surface area contributed by atoms with Gasteiger partial charge in [0.1, 0.15) is 0 Å². The normalized spacial score (nSPS) is 16.8. The number of likely N-dealkylation sites (N-methyl/N-ethyl adjacent to an activating group) is 1. The summed E-state index contributed by atoms with van der Waals surface area (Å²) in [5.41, 5.74) is 4.04. The van der Waals surface area contributed by atoms with E-state index in [2.05, 4.69) is 9.88 Å². The summed E-state index contributed by atoms with van der Waals surface area (Å²) in [5.74, 6) is 0.00619. The van der Waals surface area contributed by atoms with Crippen LogP contribution in [0.4, 0.5) is 0 Å². The molecular weight excluding hydrogens is 381 g/mol.